The van der Waals surface area contributed by atoms with Gasteiger partial charge in [0.05, 0.1) is 18.0 Å². The highest BCUT2D eigenvalue weighted by atomic mass is 32.2. The van der Waals surface area contributed by atoms with Crippen molar-refractivity contribution >= 4 is 21.6 Å². The van der Waals surface area contributed by atoms with Gasteiger partial charge in [-0.25, -0.2) is 8.42 Å². The third-order valence-corrected chi connectivity index (χ3v) is 5.71. The van der Waals surface area contributed by atoms with Gasteiger partial charge in [0.2, 0.25) is 15.9 Å². The summed E-state index contributed by atoms with van der Waals surface area (Å²) in [5.41, 5.74) is 3.45. The summed E-state index contributed by atoms with van der Waals surface area (Å²) in [5.74, 6) is 0.524. The third-order valence-electron chi connectivity index (χ3n) is 4.58. The molecule has 0 unspecified atom stereocenters. The minimum Gasteiger partial charge on any atom is -0.491 e. The number of nitrogens with zero attached hydrogens (tertiary/aromatic N) is 1. The number of carbonyl (C=O) groups is 1. The molecule has 0 fully saturated rings. The summed E-state index contributed by atoms with van der Waals surface area (Å²) < 4.78 is 31.3. The SMILES string of the molecule is Cc1ccc(C)c(N(CC(=O)NCCCc2ccc(OC(C)C)cc2)S(C)(=O)=O)c1. The Hall–Kier alpha value is -2.54. The summed E-state index contributed by atoms with van der Waals surface area (Å²) in [6.45, 7) is 7.95. The molecule has 0 radical (unpaired) electrons. The molecular weight excluding hydrogens is 400 g/mol. The Labute approximate surface area is 180 Å². The summed E-state index contributed by atoms with van der Waals surface area (Å²) in [7, 11) is -3.58. The highest BCUT2D eigenvalue weighted by Gasteiger charge is 2.22. The lowest BCUT2D eigenvalue weighted by atomic mass is 10.1. The molecule has 0 aliphatic rings. The van der Waals surface area contributed by atoms with Gasteiger partial charge in [0.25, 0.3) is 0 Å². The zero-order chi connectivity index (χ0) is 22.3. The number of aryl methyl sites for hydroxylation is 3. The molecule has 0 heterocycles. The van der Waals surface area contributed by atoms with Gasteiger partial charge in [-0.15, -0.1) is 0 Å². The number of benzene rings is 2. The summed E-state index contributed by atoms with van der Waals surface area (Å²) in [6, 6.07) is 13.5. The number of sulfonamides is 1. The highest BCUT2D eigenvalue weighted by Crippen LogP contribution is 2.23. The number of amides is 1. The highest BCUT2D eigenvalue weighted by molar-refractivity contribution is 7.92. The second-order valence-corrected chi connectivity index (χ2v) is 9.73. The van der Waals surface area contributed by atoms with Crippen LogP contribution in [0.25, 0.3) is 0 Å². The van der Waals surface area contributed by atoms with Gasteiger partial charge >= 0.3 is 0 Å². The van der Waals surface area contributed by atoms with Crippen molar-refractivity contribution in [2.24, 2.45) is 0 Å². The number of anilines is 1. The number of ether oxygens (including phenoxy) is 1. The molecule has 0 spiro atoms. The molecule has 0 atom stereocenters. The van der Waals surface area contributed by atoms with Gasteiger partial charge < -0.3 is 10.1 Å². The number of carbonyl (C=O) groups excluding carboxylic acids is 1. The Morgan fingerprint density at radius 3 is 2.37 bits per heavy atom. The summed E-state index contributed by atoms with van der Waals surface area (Å²) >= 11 is 0. The molecular formula is C23H32N2O4S. The Bertz CT molecular complexity index is 954. The van der Waals surface area contributed by atoms with Crippen molar-refractivity contribution < 1.29 is 17.9 Å². The van der Waals surface area contributed by atoms with Crippen LogP contribution in [0.5, 0.6) is 5.75 Å². The molecule has 0 aliphatic heterocycles. The molecule has 2 aromatic rings. The molecule has 0 bridgehead atoms. The van der Waals surface area contributed by atoms with Crippen LogP contribution in [0.3, 0.4) is 0 Å². The fraction of sp³-hybridized carbons (Fsp3) is 0.435. The van der Waals surface area contributed by atoms with Crippen molar-refractivity contribution in [2.75, 3.05) is 23.7 Å². The van der Waals surface area contributed by atoms with E-state index in [4.69, 9.17) is 4.74 Å². The first-order chi connectivity index (χ1) is 14.1. The van der Waals surface area contributed by atoms with Gasteiger partial charge in [0.15, 0.2) is 0 Å². The lowest BCUT2D eigenvalue weighted by Crippen LogP contribution is -2.41. The molecule has 164 valence electrons. The topological polar surface area (TPSA) is 75.7 Å². The Kier molecular flexibility index (Phi) is 8.29. The van der Waals surface area contributed by atoms with Crippen molar-refractivity contribution in [1.29, 1.82) is 0 Å². The van der Waals surface area contributed by atoms with Gasteiger partial charge in [-0.1, -0.05) is 24.3 Å². The fourth-order valence-electron chi connectivity index (χ4n) is 3.08. The van der Waals surface area contributed by atoms with E-state index in [9.17, 15) is 13.2 Å². The summed E-state index contributed by atoms with van der Waals surface area (Å²) in [6.07, 6.45) is 2.84. The monoisotopic (exact) mass is 432 g/mol. The first kappa shape index (κ1) is 23.7. The molecule has 2 aromatic carbocycles. The molecule has 30 heavy (non-hydrogen) atoms. The molecule has 1 amide bonds. The molecule has 1 N–H and O–H groups in total. The minimum absolute atomic E-state index is 0.140. The zero-order valence-electron chi connectivity index (χ0n) is 18.4. The predicted molar refractivity (Wildman–Crippen MR) is 122 cm³/mol. The largest absolute Gasteiger partial charge is 0.491 e. The van der Waals surface area contributed by atoms with Gasteiger partial charge in [0.1, 0.15) is 12.3 Å². The maximum atomic E-state index is 12.4. The van der Waals surface area contributed by atoms with E-state index in [1.165, 1.54) is 0 Å². The van der Waals surface area contributed by atoms with Crippen molar-refractivity contribution in [3.05, 3.63) is 59.2 Å². The number of hydrogen-bond donors (Lipinski definition) is 1. The van der Waals surface area contributed by atoms with Crippen LogP contribution in [-0.2, 0) is 21.2 Å². The van der Waals surface area contributed by atoms with E-state index in [1.807, 2.05) is 64.1 Å². The number of nitrogens with one attached hydrogen (secondary N) is 1. The van der Waals surface area contributed by atoms with E-state index in [-0.39, 0.29) is 18.6 Å². The molecule has 6 nitrogen and oxygen atoms in total. The van der Waals surface area contributed by atoms with Crippen LogP contribution in [0, 0.1) is 13.8 Å². The first-order valence-corrected chi connectivity index (χ1v) is 12.0. The van der Waals surface area contributed by atoms with Crippen LogP contribution in [0.4, 0.5) is 5.69 Å². The summed E-state index contributed by atoms with van der Waals surface area (Å²) in [4.78, 5) is 12.4. The lowest BCUT2D eigenvalue weighted by Gasteiger charge is -2.24. The van der Waals surface area contributed by atoms with Crippen molar-refractivity contribution in [1.82, 2.24) is 5.32 Å². The van der Waals surface area contributed by atoms with Crippen molar-refractivity contribution in [3.63, 3.8) is 0 Å². The van der Waals surface area contributed by atoms with E-state index >= 15 is 0 Å². The number of hydrogen-bond acceptors (Lipinski definition) is 4. The molecule has 7 heteroatoms. The smallest absolute Gasteiger partial charge is 0.240 e. The lowest BCUT2D eigenvalue weighted by molar-refractivity contribution is -0.119. The zero-order valence-corrected chi connectivity index (χ0v) is 19.3. The molecule has 0 aliphatic carbocycles. The maximum Gasteiger partial charge on any atom is 0.240 e. The minimum atomic E-state index is -3.58. The van der Waals surface area contributed by atoms with E-state index in [0.29, 0.717) is 12.2 Å². The van der Waals surface area contributed by atoms with Crippen molar-refractivity contribution in [3.8, 4) is 5.75 Å². The molecule has 0 aromatic heterocycles. The Balaban J connectivity index is 1.88. The van der Waals surface area contributed by atoms with E-state index in [2.05, 4.69) is 5.32 Å². The average Bonchev–Trinajstić information content (AvgIpc) is 2.65. The normalized spacial score (nSPS) is 11.4. The molecule has 0 saturated carbocycles. The van der Waals surface area contributed by atoms with Gasteiger partial charge in [-0.2, -0.15) is 0 Å². The Morgan fingerprint density at radius 1 is 1.10 bits per heavy atom. The predicted octanol–water partition coefficient (Wildman–Crippen LogP) is 3.61. The first-order valence-electron chi connectivity index (χ1n) is 10.1. The number of rotatable bonds is 10. The summed E-state index contributed by atoms with van der Waals surface area (Å²) in [5, 5.41) is 2.83. The average molecular weight is 433 g/mol. The molecule has 2 rings (SSSR count). The van der Waals surface area contributed by atoms with Crippen LogP contribution in [0.1, 0.15) is 37.0 Å². The molecule has 0 saturated heterocycles. The maximum absolute atomic E-state index is 12.4. The van der Waals surface area contributed by atoms with Crippen LogP contribution in [0.2, 0.25) is 0 Å². The van der Waals surface area contributed by atoms with Crippen LogP contribution in [-0.4, -0.2) is 39.8 Å². The quantitative estimate of drug-likeness (QED) is 0.582. The van der Waals surface area contributed by atoms with Gasteiger partial charge in [0, 0.05) is 6.54 Å². The fourth-order valence-corrected chi connectivity index (χ4v) is 3.99. The van der Waals surface area contributed by atoms with Crippen LogP contribution >= 0.6 is 0 Å². The second kappa shape index (κ2) is 10.5. The van der Waals surface area contributed by atoms with Crippen molar-refractivity contribution in [2.45, 2.75) is 46.6 Å². The Morgan fingerprint density at radius 2 is 1.77 bits per heavy atom. The van der Waals surface area contributed by atoms with Gasteiger partial charge in [-0.3, -0.25) is 9.10 Å². The second-order valence-electron chi connectivity index (χ2n) is 7.82. The third kappa shape index (κ3) is 7.37. The van der Waals surface area contributed by atoms with Gasteiger partial charge in [-0.05, 0) is 75.4 Å². The van der Waals surface area contributed by atoms with E-state index in [0.717, 1.165) is 45.8 Å². The standard InChI is InChI=1S/C23H32N2O4S/c1-17(2)29-21-12-10-20(11-13-21)7-6-14-24-23(26)16-25(30(5,27)28)22-15-18(3)8-9-19(22)4/h8-13,15,17H,6-7,14,16H2,1-5H3,(H,24,26). The van der Waals surface area contributed by atoms with Crippen LogP contribution in [0.15, 0.2) is 42.5 Å². The van der Waals surface area contributed by atoms with E-state index in [1.54, 1.807) is 6.07 Å². The van der Waals surface area contributed by atoms with Crippen LogP contribution < -0.4 is 14.4 Å². The van der Waals surface area contributed by atoms with E-state index < -0.39 is 10.0 Å².